The molecule has 0 fully saturated rings. The van der Waals surface area contributed by atoms with Gasteiger partial charge in [-0.2, -0.15) is 0 Å². The van der Waals surface area contributed by atoms with Crippen LogP contribution in [-0.2, 0) is 12.0 Å². The number of rotatable bonds is 6. The van der Waals surface area contributed by atoms with Crippen LogP contribution in [0.25, 0.3) is 0 Å². The number of aromatic nitrogens is 3. The van der Waals surface area contributed by atoms with Crippen molar-refractivity contribution in [2.24, 2.45) is 5.92 Å². The molecule has 0 bridgehead atoms. The molecule has 0 saturated carbocycles. The van der Waals surface area contributed by atoms with Gasteiger partial charge in [-0.25, -0.2) is 4.68 Å². The molecule has 6 heteroatoms. The van der Waals surface area contributed by atoms with Crippen LogP contribution in [0, 0.1) is 5.92 Å². The van der Waals surface area contributed by atoms with E-state index in [4.69, 9.17) is 4.74 Å². The largest absolute Gasteiger partial charge is 0.497 e. The van der Waals surface area contributed by atoms with Gasteiger partial charge in [-0.05, 0) is 50.8 Å². The first kappa shape index (κ1) is 18.0. The van der Waals surface area contributed by atoms with E-state index in [1.807, 2.05) is 45.0 Å². The summed E-state index contributed by atoms with van der Waals surface area (Å²) in [6.45, 7) is 8.74. The second kappa shape index (κ2) is 7.47. The predicted molar refractivity (Wildman–Crippen MR) is 93.2 cm³/mol. The molecule has 0 radical (unpaired) electrons. The predicted octanol–water partition coefficient (Wildman–Crippen LogP) is 2.65. The van der Waals surface area contributed by atoms with E-state index in [0.29, 0.717) is 18.2 Å². The van der Waals surface area contributed by atoms with Gasteiger partial charge in [-0.1, -0.05) is 24.3 Å². The highest BCUT2D eigenvalue weighted by Gasteiger charge is 2.18. The second-order valence-electron chi connectivity index (χ2n) is 7.09. The molecule has 1 aromatic carbocycles. The summed E-state index contributed by atoms with van der Waals surface area (Å²) in [5, 5.41) is 10.9. The number of benzene rings is 1. The Morgan fingerprint density at radius 2 is 1.96 bits per heavy atom. The van der Waals surface area contributed by atoms with E-state index in [1.165, 1.54) is 5.56 Å². The van der Waals surface area contributed by atoms with E-state index in [1.54, 1.807) is 18.0 Å². The molecule has 24 heavy (non-hydrogen) atoms. The maximum Gasteiger partial charge on any atom is 0.273 e. The van der Waals surface area contributed by atoms with Crippen molar-refractivity contribution in [3.8, 4) is 5.75 Å². The molecule has 0 aliphatic carbocycles. The zero-order valence-electron chi connectivity index (χ0n) is 15.0. The molecular formula is C18H26N4O2. The van der Waals surface area contributed by atoms with E-state index in [2.05, 4.69) is 22.6 Å². The van der Waals surface area contributed by atoms with Crippen molar-refractivity contribution < 1.29 is 9.53 Å². The average Bonchev–Trinajstić information content (AvgIpc) is 3.03. The van der Waals surface area contributed by atoms with Gasteiger partial charge in [0.1, 0.15) is 5.75 Å². The first-order valence-corrected chi connectivity index (χ1v) is 8.13. The van der Waals surface area contributed by atoms with Crippen LogP contribution in [0.2, 0.25) is 0 Å². The number of methoxy groups -OCH3 is 1. The minimum absolute atomic E-state index is 0.187. The summed E-state index contributed by atoms with van der Waals surface area (Å²) >= 11 is 0. The van der Waals surface area contributed by atoms with Crippen molar-refractivity contribution in [2.45, 2.75) is 39.7 Å². The van der Waals surface area contributed by atoms with Gasteiger partial charge in [-0.3, -0.25) is 4.79 Å². The molecule has 0 aliphatic heterocycles. The van der Waals surface area contributed by atoms with E-state index >= 15 is 0 Å². The van der Waals surface area contributed by atoms with Gasteiger partial charge >= 0.3 is 0 Å². The van der Waals surface area contributed by atoms with Gasteiger partial charge in [0.2, 0.25) is 0 Å². The van der Waals surface area contributed by atoms with Gasteiger partial charge in [0.15, 0.2) is 5.69 Å². The number of carbonyl (C=O) groups is 1. The third-order valence-corrected chi connectivity index (χ3v) is 3.77. The van der Waals surface area contributed by atoms with Gasteiger partial charge in [0.25, 0.3) is 5.91 Å². The van der Waals surface area contributed by atoms with Crippen LogP contribution < -0.4 is 10.1 Å². The van der Waals surface area contributed by atoms with Crippen LogP contribution in [0.5, 0.6) is 5.75 Å². The molecule has 1 aromatic heterocycles. The Bertz CT molecular complexity index is 671. The molecule has 2 aromatic rings. The Morgan fingerprint density at radius 3 is 2.50 bits per heavy atom. The van der Waals surface area contributed by atoms with Crippen molar-refractivity contribution >= 4 is 5.91 Å². The lowest BCUT2D eigenvalue weighted by atomic mass is 10.0. The Hall–Kier alpha value is -2.37. The number of ether oxygens (including phenoxy) is 1. The lowest BCUT2D eigenvalue weighted by molar-refractivity contribution is 0.0943. The highest BCUT2D eigenvalue weighted by molar-refractivity contribution is 5.91. The van der Waals surface area contributed by atoms with Crippen LogP contribution in [0.15, 0.2) is 30.5 Å². The van der Waals surface area contributed by atoms with Crippen LogP contribution in [-0.4, -0.2) is 34.6 Å². The minimum atomic E-state index is -0.188. The lowest BCUT2D eigenvalue weighted by Gasteiger charge is -2.17. The molecule has 0 saturated heterocycles. The van der Waals surface area contributed by atoms with E-state index in [-0.39, 0.29) is 11.4 Å². The van der Waals surface area contributed by atoms with Gasteiger partial charge < -0.3 is 10.1 Å². The monoisotopic (exact) mass is 330 g/mol. The molecule has 1 amide bonds. The summed E-state index contributed by atoms with van der Waals surface area (Å²) in [7, 11) is 1.66. The molecule has 1 atom stereocenters. The molecule has 2 rings (SSSR count). The second-order valence-corrected chi connectivity index (χ2v) is 7.09. The molecule has 0 unspecified atom stereocenters. The van der Waals surface area contributed by atoms with Crippen molar-refractivity contribution in [1.29, 1.82) is 0 Å². The first-order valence-electron chi connectivity index (χ1n) is 8.13. The van der Waals surface area contributed by atoms with Crippen molar-refractivity contribution in [2.75, 3.05) is 13.7 Å². The van der Waals surface area contributed by atoms with Crippen LogP contribution >= 0.6 is 0 Å². The fourth-order valence-electron chi connectivity index (χ4n) is 2.29. The summed E-state index contributed by atoms with van der Waals surface area (Å²) in [6, 6.07) is 8.00. The number of hydrogen-bond acceptors (Lipinski definition) is 4. The smallest absolute Gasteiger partial charge is 0.273 e. The van der Waals surface area contributed by atoms with Crippen LogP contribution in [0.4, 0.5) is 0 Å². The van der Waals surface area contributed by atoms with E-state index in [0.717, 1.165) is 12.2 Å². The molecule has 0 aliphatic rings. The Labute approximate surface area is 143 Å². The van der Waals surface area contributed by atoms with Gasteiger partial charge in [0, 0.05) is 6.54 Å². The SMILES string of the molecule is COc1ccc(C[C@@H](C)CNC(=O)c2cn(C(C)(C)C)nn2)cc1. The highest BCUT2D eigenvalue weighted by Crippen LogP contribution is 2.15. The zero-order chi connectivity index (χ0) is 17.7. The number of amides is 1. The van der Waals surface area contributed by atoms with Gasteiger partial charge in [0.05, 0.1) is 18.8 Å². The molecule has 6 nitrogen and oxygen atoms in total. The number of nitrogens with one attached hydrogen (secondary N) is 1. The fraction of sp³-hybridized carbons (Fsp3) is 0.500. The number of nitrogens with zero attached hydrogens (tertiary/aromatic N) is 3. The van der Waals surface area contributed by atoms with E-state index < -0.39 is 0 Å². The highest BCUT2D eigenvalue weighted by atomic mass is 16.5. The summed E-state index contributed by atoms with van der Waals surface area (Å²) in [6.07, 6.45) is 2.57. The van der Waals surface area contributed by atoms with E-state index in [9.17, 15) is 4.79 Å². The summed E-state index contributed by atoms with van der Waals surface area (Å²) in [5.74, 6) is 0.980. The molecule has 130 valence electrons. The molecule has 0 spiro atoms. The summed E-state index contributed by atoms with van der Waals surface area (Å²) in [5.41, 5.74) is 1.38. The third-order valence-electron chi connectivity index (χ3n) is 3.77. The lowest BCUT2D eigenvalue weighted by Crippen LogP contribution is -2.29. The standard InChI is InChI=1S/C18H26N4O2/c1-13(10-14-6-8-15(24-5)9-7-14)11-19-17(23)16-12-22(21-20-16)18(2,3)4/h6-9,12-13H,10-11H2,1-5H3,(H,19,23)/t13-/m1/s1. The van der Waals surface area contributed by atoms with Crippen molar-refractivity contribution in [3.05, 3.63) is 41.7 Å². The van der Waals surface area contributed by atoms with Crippen LogP contribution in [0.1, 0.15) is 43.7 Å². The Morgan fingerprint density at radius 1 is 1.29 bits per heavy atom. The normalized spacial score (nSPS) is 12.7. The topological polar surface area (TPSA) is 69.0 Å². The quantitative estimate of drug-likeness (QED) is 0.884. The zero-order valence-corrected chi connectivity index (χ0v) is 15.0. The third kappa shape index (κ3) is 4.81. The maximum atomic E-state index is 12.2. The molecular weight excluding hydrogens is 304 g/mol. The molecule has 1 N–H and O–H groups in total. The van der Waals surface area contributed by atoms with Crippen LogP contribution in [0.3, 0.4) is 0 Å². The first-order chi connectivity index (χ1) is 11.3. The number of hydrogen-bond donors (Lipinski definition) is 1. The minimum Gasteiger partial charge on any atom is -0.497 e. The Kier molecular flexibility index (Phi) is 5.59. The maximum absolute atomic E-state index is 12.2. The van der Waals surface area contributed by atoms with Gasteiger partial charge in [-0.15, -0.1) is 5.10 Å². The van der Waals surface area contributed by atoms with Crippen molar-refractivity contribution in [1.82, 2.24) is 20.3 Å². The van der Waals surface area contributed by atoms with Crippen molar-refractivity contribution in [3.63, 3.8) is 0 Å². The fourth-order valence-corrected chi connectivity index (χ4v) is 2.29. The summed E-state index contributed by atoms with van der Waals surface area (Å²) < 4.78 is 6.85. The number of carbonyl (C=O) groups excluding carboxylic acids is 1. The summed E-state index contributed by atoms with van der Waals surface area (Å²) in [4.78, 5) is 12.2. The molecule has 1 heterocycles. The Balaban J connectivity index is 1.85. The average molecular weight is 330 g/mol.